The molecule has 0 saturated carbocycles. The van der Waals surface area contributed by atoms with Crippen LogP contribution < -0.4 is 5.32 Å². The Labute approximate surface area is 75.3 Å². The number of aliphatic hydroxyl groups is 1. The molecular formula is C7H12N4O2. The molecule has 3 N–H and O–H groups in total. The monoisotopic (exact) mass is 184 g/mol. The second kappa shape index (κ2) is 3.53. The largest absolute Gasteiger partial charge is 0.394 e. The number of H-pyrrole nitrogens is 1. The lowest BCUT2D eigenvalue weighted by Crippen LogP contribution is -2.46. The van der Waals surface area contributed by atoms with Gasteiger partial charge in [0, 0.05) is 0 Å². The van der Waals surface area contributed by atoms with Gasteiger partial charge < -0.3 is 10.4 Å². The van der Waals surface area contributed by atoms with Crippen LogP contribution >= 0.6 is 0 Å². The molecule has 1 rings (SSSR count). The van der Waals surface area contributed by atoms with Crippen molar-refractivity contribution in [2.45, 2.75) is 19.4 Å². The molecule has 13 heavy (non-hydrogen) atoms. The van der Waals surface area contributed by atoms with Crippen molar-refractivity contribution in [2.75, 3.05) is 6.61 Å². The van der Waals surface area contributed by atoms with Gasteiger partial charge in [-0.1, -0.05) is 0 Å². The van der Waals surface area contributed by atoms with Crippen LogP contribution in [0.5, 0.6) is 0 Å². The summed E-state index contributed by atoms with van der Waals surface area (Å²) in [6.07, 6.45) is 1.32. The first-order valence-corrected chi connectivity index (χ1v) is 3.84. The molecule has 72 valence electrons. The third kappa shape index (κ3) is 2.51. The van der Waals surface area contributed by atoms with E-state index in [4.69, 9.17) is 5.11 Å². The molecule has 1 amide bonds. The second-order valence-electron chi connectivity index (χ2n) is 3.35. The van der Waals surface area contributed by atoms with Gasteiger partial charge >= 0.3 is 0 Å². The second-order valence-corrected chi connectivity index (χ2v) is 3.35. The number of rotatable bonds is 3. The third-order valence-corrected chi connectivity index (χ3v) is 1.49. The highest BCUT2D eigenvalue weighted by molar-refractivity contribution is 5.92. The van der Waals surface area contributed by atoms with Crippen molar-refractivity contribution in [2.24, 2.45) is 0 Å². The van der Waals surface area contributed by atoms with E-state index in [0.29, 0.717) is 0 Å². The smallest absolute Gasteiger partial charge is 0.273 e. The molecule has 1 aromatic heterocycles. The van der Waals surface area contributed by atoms with Gasteiger partial charge in [0.1, 0.15) is 0 Å². The van der Waals surface area contributed by atoms with E-state index < -0.39 is 5.54 Å². The first kappa shape index (κ1) is 9.66. The van der Waals surface area contributed by atoms with Gasteiger partial charge in [-0.25, -0.2) is 0 Å². The molecule has 0 aliphatic heterocycles. The molecule has 0 aliphatic carbocycles. The zero-order valence-corrected chi connectivity index (χ0v) is 7.53. The van der Waals surface area contributed by atoms with Gasteiger partial charge in [-0.2, -0.15) is 15.4 Å². The molecule has 0 unspecified atom stereocenters. The molecule has 6 nitrogen and oxygen atoms in total. The van der Waals surface area contributed by atoms with Crippen LogP contribution in [-0.4, -0.2) is 38.6 Å². The molecular weight excluding hydrogens is 172 g/mol. The lowest BCUT2D eigenvalue weighted by molar-refractivity contribution is 0.0864. The van der Waals surface area contributed by atoms with Crippen molar-refractivity contribution in [3.63, 3.8) is 0 Å². The summed E-state index contributed by atoms with van der Waals surface area (Å²) in [6.45, 7) is 3.30. The van der Waals surface area contributed by atoms with E-state index in [1.165, 1.54) is 6.20 Å². The van der Waals surface area contributed by atoms with E-state index in [-0.39, 0.29) is 18.2 Å². The zero-order valence-electron chi connectivity index (χ0n) is 7.53. The van der Waals surface area contributed by atoms with Crippen LogP contribution in [0.2, 0.25) is 0 Å². The Morgan fingerprint density at radius 3 is 2.92 bits per heavy atom. The van der Waals surface area contributed by atoms with Crippen LogP contribution in [0.15, 0.2) is 6.20 Å². The molecule has 0 aliphatic rings. The maximum absolute atomic E-state index is 11.3. The minimum absolute atomic E-state index is 0.128. The fourth-order valence-electron chi connectivity index (χ4n) is 0.722. The molecule has 6 heteroatoms. The highest BCUT2D eigenvalue weighted by Gasteiger charge is 2.20. The zero-order chi connectivity index (χ0) is 9.90. The Bertz CT molecular complexity index is 281. The number of aromatic amines is 1. The van der Waals surface area contributed by atoms with Gasteiger partial charge in [0.05, 0.1) is 18.3 Å². The Hall–Kier alpha value is -1.43. The maximum atomic E-state index is 11.3. The summed E-state index contributed by atoms with van der Waals surface area (Å²) in [6, 6.07) is 0. The predicted molar refractivity (Wildman–Crippen MR) is 45.0 cm³/mol. The predicted octanol–water partition coefficient (Wildman–Crippen LogP) is -0.695. The summed E-state index contributed by atoms with van der Waals surface area (Å²) < 4.78 is 0. The van der Waals surface area contributed by atoms with Gasteiger partial charge in [0.2, 0.25) is 0 Å². The van der Waals surface area contributed by atoms with E-state index in [1.54, 1.807) is 13.8 Å². The summed E-state index contributed by atoms with van der Waals surface area (Å²) in [4.78, 5) is 11.3. The van der Waals surface area contributed by atoms with E-state index in [9.17, 15) is 4.79 Å². The van der Waals surface area contributed by atoms with Crippen LogP contribution in [0.3, 0.4) is 0 Å². The average molecular weight is 184 g/mol. The lowest BCUT2D eigenvalue weighted by atomic mass is 10.1. The fourth-order valence-corrected chi connectivity index (χ4v) is 0.722. The average Bonchev–Trinajstić information content (AvgIpc) is 2.55. The van der Waals surface area contributed by atoms with E-state index >= 15 is 0 Å². The topological polar surface area (TPSA) is 90.9 Å². The van der Waals surface area contributed by atoms with Gasteiger partial charge in [-0.15, -0.1) is 0 Å². The van der Waals surface area contributed by atoms with Crippen molar-refractivity contribution in [3.8, 4) is 0 Å². The molecule has 0 radical (unpaired) electrons. The highest BCUT2D eigenvalue weighted by atomic mass is 16.3. The third-order valence-electron chi connectivity index (χ3n) is 1.49. The lowest BCUT2D eigenvalue weighted by Gasteiger charge is -2.22. The normalized spacial score (nSPS) is 11.3. The van der Waals surface area contributed by atoms with Crippen LogP contribution in [0.1, 0.15) is 24.3 Å². The number of nitrogens with zero attached hydrogens (tertiary/aromatic N) is 2. The first-order valence-electron chi connectivity index (χ1n) is 3.84. The van der Waals surface area contributed by atoms with Gasteiger partial charge in [-0.05, 0) is 13.8 Å². The van der Waals surface area contributed by atoms with Crippen LogP contribution in [0, 0.1) is 0 Å². The molecule has 0 fully saturated rings. The number of amides is 1. The quantitative estimate of drug-likeness (QED) is 0.579. The Balaban J connectivity index is 2.61. The number of carbonyl (C=O) groups is 1. The summed E-state index contributed by atoms with van der Waals surface area (Å²) in [5.74, 6) is -0.354. The number of aromatic nitrogens is 3. The first-order chi connectivity index (χ1) is 6.05. The molecule has 1 aromatic rings. The maximum Gasteiger partial charge on any atom is 0.273 e. The molecule has 0 atom stereocenters. The minimum Gasteiger partial charge on any atom is -0.394 e. The van der Waals surface area contributed by atoms with Crippen LogP contribution in [0.25, 0.3) is 0 Å². The molecule has 0 saturated heterocycles. The number of carbonyl (C=O) groups excluding carboxylic acids is 1. The van der Waals surface area contributed by atoms with Crippen molar-refractivity contribution < 1.29 is 9.90 Å². The standard InChI is InChI=1S/C7H12N4O2/c1-7(2,4-12)9-6(13)5-3-8-11-10-5/h3,12H,4H2,1-2H3,(H,9,13)(H,8,10,11). The summed E-state index contributed by atoms with van der Waals surface area (Å²) in [5, 5.41) is 20.9. The molecule has 1 heterocycles. The van der Waals surface area contributed by atoms with Crippen molar-refractivity contribution in [1.82, 2.24) is 20.7 Å². The van der Waals surface area contributed by atoms with Gasteiger partial charge in [0.25, 0.3) is 5.91 Å². The molecule has 0 bridgehead atoms. The van der Waals surface area contributed by atoms with Crippen molar-refractivity contribution >= 4 is 5.91 Å². The summed E-state index contributed by atoms with van der Waals surface area (Å²) in [5.41, 5.74) is -0.433. The number of hydrogen-bond acceptors (Lipinski definition) is 4. The minimum atomic E-state index is -0.643. The summed E-state index contributed by atoms with van der Waals surface area (Å²) >= 11 is 0. The van der Waals surface area contributed by atoms with E-state index in [2.05, 4.69) is 20.7 Å². The highest BCUT2D eigenvalue weighted by Crippen LogP contribution is 2.01. The van der Waals surface area contributed by atoms with Gasteiger partial charge in [0.15, 0.2) is 5.69 Å². The Morgan fingerprint density at radius 1 is 1.77 bits per heavy atom. The van der Waals surface area contributed by atoms with Gasteiger partial charge in [-0.3, -0.25) is 4.79 Å². The van der Waals surface area contributed by atoms with E-state index in [0.717, 1.165) is 0 Å². The van der Waals surface area contributed by atoms with Crippen LogP contribution in [-0.2, 0) is 0 Å². The SMILES string of the molecule is CC(C)(CO)NC(=O)c1cn[nH]n1. The van der Waals surface area contributed by atoms with Crippen molar-refractivity contribution in [3.05, 3.63) is 11.9 Å². The van der Waals surface area contributed by atoms with E-state index in [1.807, 2.05) is 0 Å². The van der Waals surface area contributed by atoms with Crippen molar-refractivity contribution in [1.29, 1.82) is 0 Å². The number of hydrogen-bond donors (Lipinski definition) is 3. The Kier molecular flexibility index (Phi) is 2.62. The molecule has 0 aromatic carbocycles. The Morgan fingerprint density at radius 2 is 2.46 bits per heavy atom. The summed E-state index contributed by atoms with van der Waals surface area (Å²) in [7, 11) is 0. The molecule has 0 spiro atoms. The fraction of sp³-hybridized carbons (Fsp3) is 0.571. The van der Waals surface area contributed by atoms with Crippen LogP contribution in [0.4, 0.5) is 0 Å². The number of nitrogens with one attached hydrogen (secondary N) is 2. The number of aliphatic hydroxyl groups excluding tert-OH is 1.